The fraction of sp³-hybridized carbons (Fsp3) is 0.589. The normalized spacial score (nSPS) is 7.15. The fourth-order valence-corrected chi connectivity index (χ4v) is 4.40. The minimum absolute atomic E-state index is 0. The molecule has 0 saturated heterocycles. The van der Waals surface area contributed by atoms with E-state index in [9.17, 15) is 0 Å². The summed E-state index contributed by atoms with van der Waals surface area (Å²) >= 11 is 0. The lowest BCUT2D eigenvalue weighted by Crippen LogP contribution is -1.93. The van der Waals surface area contributed by atoms with Crippen molar-refractivity contribution < 1.29 is 33.2 Å². The number of aryl methyl sites for hydroxylation is 7. The third-order valence-electron chi connectivity index (χ3n) is 8.42. The van der Waals surface area contributed by atoms with Crippen LogP contribution in [-0.2, 0) is 49.6 Å². The smallest absolute Gasteiger partial charge is 0.146 e. The Kier molecular flexibility index (Phi) is 188. The van der Waals surface area contributed by atoms with Crippen LogP contribution in [0.5, 0.6) is 11.5 Å². The molecular weight excluding hydrogens is 989 g/mol. The van der Waals surface area contributed by atoms with Gasteiger partial charge in [0.2, 0.25) is 0 Å². The summed E-state index contributed by atoms with van der Waals surface area (Å²) in [6.07, 6.45) is 3.37. The first-order valence-electron chi connectivity index (χ1n) is 21.9. The van der Waals surface area contributed by atoms with Crippen LogP contribution in [0.1, 0.15) is 227 Å². The van der Waals surface area contributed by atoms with Crippen LogP contribution in [-0.4, -0.2) is 68.8 Å². The van der Waals surface area contributed by atoms with Gasteiger partial charge in [-0.2, -0.15) is 0 Å². The molecule has 0 aliphatic rings. The molecule has 5 rings (SSSR count). The van der Waals surface area contributed by atoms with Gasteiger partial charge in [-0.1, -0.05) is 274 Å². The molecule has 0 aliphatic heterocycles. The van der Waals surface area contributed by atoms with Gasteiger partial charge in [0.1, 0.15) is 18.3 Å². The molecule has 492 valence electrons. The Labute approximate surface area is 512 Å². The Morgan fingerprint density at radius 2 is 0.463 bits per heavy atom. The Morgan fingerprint density at radius 1 is 0.250 bits per heavy atom. The van der Waals surface area contributed by atoms with Crippen LogP contribution in [0.2, 0.25) is 0 Å². The topological polar surface area (TPSA) is 64.6 Å². The van der Waals surface area contributed by atoms with Crippen molar-refractivity contribution in [2.45, 2.75) is 236 Å². The van der Waals surface area contributed by atoms with E-state index in [4.69, 9.17) is 23.7 Å². The van der Waals surface area contributed by atoms with Gasteiger partial charge in [0.25, 0.3) is 0 Å². The maximum atomic E-state index is 5.01. The average Bonchev–Trinajstić information content (AvgIpc) is 3.31. The van der Waals surface area contributed by atoms with Crippen LogP contribution < -0.4 is 9.47 Å². The summed E-state index contributed by atoms with van der Waals surface area (Å²) in [5, 5.41) is 0. The van der Waals surface area contributed by atoms with E-state index in [1.54, 1.807) is 35.5 Å². The van der Waals surface area contributed by atoms with E-state index in [-0.39, 0.29) is 134 Å². The highest BCUT2D eigenvalue weighted by atomic mass is 16.7. The Morgan fingerprint density at radius 3 is 0.625 bits per heavy atom. The van der Waals surface area contributed by atoms with Crippen molar-refractivity contribution >= 4 is 0 Å². The molecule has 0 fully saturated rings. The second kappa shape index (κ2) is 106. The van der Waals surface area contributed by atoms with Crippen molar-refractivity contribution in [3.05, 3.63) is 166 Å². The quantitative estimate of drug-likeness (QED) is 0.0860. The summed E-state index contributed by atoms with van der Waals surface area (Å²) in [5.74, 6) is 1.85. The Bertz CT molecular complexity index is 1470. The lowest BCUT2D eigenvalue weighted by Gasteiger charge is -1.99. The summed E-state index contributed by atoms with van der Waals surface area (Å²) in [5.41, 5.74) is 10.6. The van der Waals surface area contributed by atoms with E-state index in [1.165, 1.54) is 44.5 Å². The first kappa shape index (κ1) is 141. The number of methoxy groups -OCH3 is 5. The molecule has 0 heterocycles. The lowest BCUT2D eigenvalue weighted by molar-refractivity contribution is -0.0250. The van der Waals surface area contributed by atoms with Crippen LogP contribution >= 0.6 is 0 Å². The molecule has 0 N–H and O–H groups in total. The number of hydrogen-bond acceptors (Lipinski definition) is 7. The molecule has 7 nitrogen and oxygen atoms in total. The summed E-state index contributed by atoms with van der Waals surface area (Å²) in [4.78, 5) is 0. The van der Waals surface area contributed by atoms with Gasteiger partial charge in [0.15, 0.2) is 0 Å². The van der Waals surface area contributed by atoms with Crippen LogP contribution in [0.4, 0.5) is 0 Å². The molecule has 0 aromatic heterocycles. The van der Waals surface area contributed by atoms with Crippen LogP contribution in [0.3, 0.4) is 0 Å². The van der Waals surface area contributed by atoms with E-state index in [2.05, 4.69) is 143 Å². The van der Waals surface area contributed by atoms with Gasteiger partial charge in [0, 0.05) is 47.8 Å². The highest BCUT2D eigenvalue weighted by Gasteiger charge is 1.91. The molecule has 0 bridgehead atoms. The van der Waals surface area contributed by atoms with Crippen molar-refractivity contribution in [3.8, 4) is 11.5 Å². The Hall–Kier alpha value is -4.50. The predicted molar refractivity (Wildman–Crippen MR) is 387 cm³/mol. The zero-order chi connectivity index (χ0) is 47.2. The number of ether oxygens (including phenoxy) is 7. The first-order chi connectivity index (χ1) is 29.9. The van der Waals surface area contributed by atoms with E-state index in [1.807, 2.05) is 64.1 Å². The summed E-state index contributed by atoms with van der Waals surface area (Å²) in [7, 11) is 8.35. The van der Waals surface area contributed by atoms with E-state index < -0.39 is 0 Å². The van der Waals surface area contributed by atoms with Gasteiger partial charge in [-0.05, 0) is 121 Å². The minimum atomic E-state index is 0. The summed E-state index contributed by atoms with van der Waals surface area (Å²) in [6.45, 7) is 27.1. The van der Waals surface area contributed by atoms with Gasteiger partial charge < -0.3 is 33.2 Å². The van der Waals surface area contributed by atoms with Gasteiger partial charge in [-0.3, -0.25) is 0 Å². The highest BCUT2D eigenvalue weighted by Crippen LogP contribution is 2.11. The third kappa shape index (κ3) is 92.9. The predicted octanol–water partition coefficient (Wildman–Crippen LogP) is 25.3. The van der Waals surface area contributed by atoms with Crippen molar-refractivity contribution in [1.82, 2.24) is 0 Å². The number of rotatable bonds is 13. The highest BCUT2D eigenvalue weighted by molar-refractivity contribution is 5.27. The molecule has 0 atom stereocenters. The fourth-order valence-electron chi connectivity index (χ4n) is 4.40. The second-order valence-corrected chi connectivity index (χ2v) is 13.6. The maximum absolute atomic E-state index is 5.01. The molecule has 5 aromatic carbocycles. The standard InChI is InChI=1S/2C9H12O.2C9H12.C8H10O.C4H10O2.C4H10O.C3H8O.18CH4/c1-8-3-5-9(6-4-8)7-10-2;1-3-8-4-6-9(10-2)7-5-8;2*1-3-9-6-4-8(2)5-7-9;1-7-3-5-8(9-2)6-4-7;1-3-6-4-5-2;1-3-5-4-2;1-3-4-2;;;;;;;;;;;;;;;;;;/h3-6H,7H2,1-2H3;4-7H,3H2,1-2H3;2*4-7H,3H2,1-2H3;3-6H,1-2H3;3-4H2,1-2H3;3-4H2,1-2H3;3H2,1-2H3;18*1H4. The lowest BCUT2D eigenvalue weighted by atomic mass is 10.1. The molecule has 0 spiro atoms. The van der Waals surface area contributed by atoms with Crippen LogP contribution in [0.15, 0.2) is 121 Å². The Balaban J connectivity index is -0.0000000257. The van der Waals surface area contributed by atoms with Crippen molar-refractivity contribution in [2.24, 2.45) is 0 Å². The molecule has 7 heteroatoms. The maximum Gasteiger partial charge on any atom is 0.146 e. The molecule has 0 amide bonds. The zero-order valence-corrected chi connectivity index (χ0v) is 41.8. The summed E-state index contributed by atoms with van der Waals surface area (Å²) in [6, 6.07) is 41.8. The van der Waals surface area contributed by atoms with Gasteiger partial charge in [0.05, 0.1) is 20.8 Å². The SMILES string of the molecule is C.C.C.C.C.C.C.C.C.C.C.C.C.C.C.C.C.C.CCOC.CCOCC.CCOCOC.CCc1ccc(C)cc1.CCc1ccc(C)cc1.CCc1ccc(OC)cc1.COCc1ccc(C)cc1.COc1ccc(C)cc1. The van der Waals surface area contributed by atoms with Crippen molar-refractivity contribution in [1.29, 1.82) is 0 Å². The second-order valence-electron chi connectivity index (χ2n) is 13.6. The zero-order valence-electron chi connectivity index (χ0n) is 41.8. The van der Waals surface area contributed by atoms with Crippen molar-refractivity contribution in [3.63, 3.8) is 0 Å². The van der Waals surface area contributed by atoms with Gasteiger partial charge in [-0.15, -0.1) is 0 Å². The van der Waals surface area contributed by atoms with Crippen LogP contribution in [0.25, 0.3) is 0 Å². The molecule has 0 unspecified atom stereocenters. The first-order valence-corrected chi connectivity index (χ1v) is 21.9. The largest absolute Gasteiger partial charge is 0.497 e. The molecule has 0 saturated carbocycles. The number of hydrogen-bond donors (Lipinski definition) is 0. The molecule has 80 heavy (non-hydrogen) atoms. The van der Waals surface area contributed by atoms with E-state index >= 15 is 0 Å². The van der Waals surface area contributed by atoms with Gasteiger partial charge >= 0.3 is 0 Å². The molecule has 0 radical (unpaired) electrons. The van der Waals surface area contributed by atoms with Crippen LogP contribution in [0, 0.1) is 27.7 Å². The van der Waals surface area contributed by atoms with E-state index in [0.717, 1.165) is 57.2 Å². The number of benzene rings is 5. The molecule has 0 aliphatic carbocycles. The minimum Gasteiger partial charge on any atom is -0.497 e. The monoisotopic (exact) mass is 1150 g/mol. The third-order valence-corrected chi connectivity index (χ3v) is 8.42. The van der Waals surface area contributed by atoms with E-state index in [0.29, 0.717) is 13.4 Å². The van der Waals surface area contributed by atoms with Gasteiger partial charge in [-0.25, -0.2) is 0 Å². The molecule has 5 aromatic rings. The molecular formula is C73H158O7. The average molecular weight is 1150 g/mol. The summed E-state index contributed by atoms with van der Waals surface area (Å²) < 4.78 is 33.6. The van der Waals surface area contributed by atoms with Crippen molar-refractivity contribution in [2.75, 3.05) is 68.8 Å².